The van der Waals surface area contributed by atoms with E-state index >= 15 is 0 Å². The monoisotopic (exact) mass is 401 g/mol. The van der Waals surface area contributed by atoms with Crippen LogP contribution in [0.1, 0.15) is 42.9 Å². The molecule has 0 saturated carbocycles. The number of carboxylic acid groups (broad SMARTS) is 1. The minimum absolute atomic E-state index is 0.0699. The maximum Gasteiger partial charge on any atom is 0.320 e. The molecule has 0 bridgehead atoms. The number of ether oxygens (including phenoxy) is 1. The van der Waals surface area contributed by atoms with E-state index in [1.807, 2.05) is 30.1 Å². The number of halogens is 1. The summed E-state index contributed by atoms with van der Waals surface area (Å²) < 4.78 is 5.33. The van der Waals surface area contributed by atoms with Gasteiger partial charge in [-0.1, -0.05) is 29.8 Å². The van der Waals surface area contributed by atoms with Crippen molar-refractivity contribution >= 4 is 17.6 Å². The van der Waals surface area contributed by atoms with Gasteiger partial charge in [0.15, 0.2) is 0 Å². The first-order valence-electron chi connectivity index (χ1n) is 9.74. The van der Waals surface area contributed by atoms with Crippen LogP contribution in [0, 0.1) is 0 Å². The van der Waals surface area contributed by atoms with Crippen molar-refractivity contribution in [1.29, 1.82) is 0 Å². The Kier molecular flexibility index (Phi) is 6.31. The predicted octanol–water partition coefficient (Wildman–Crippen LogP) is 4.77. The van der Waals surface area contributed by atoms with E-state index in [1.54, 1.807) is 14.0 Å². The zero-order valence-electron chi connectivity index (χ0n) is 16.7. The van der Waals surface area contributed by atoms with Crippen molar-refractivity contribution in [3.63, 3.8) is 0 Å². The number of aryl methyl sites for hydroxylation is 1. The molecule has 2 aromatic rings. The second kappa shape index (κ2) is 8.54. The highest BCUT2D eigenvalue weighted by Crippen LogP contribution is 2.48. The molecule has 1 unspecified atom stereocenters. The Morgan fingerprint density at radius 2 is 2.00 bits per heavy atom. The van der Waals surface area contributed by atoms with Gasteiger partial charge < -0.3 is 9.84 Å². The van der Waals surface area contributed by atoms with Crippen molar-refractivity contribution in [2.24, 2.45) is 0 Å². The van der Waals surface area contributed by atoms with Crippen LogP contribution in [0.3, 0.4) is 0 Å². The molecule has 3 rings (SSSR count). The summed E-state index contributed by atoms with van der Waals surface area (Å²) in [5.74, 6) is 0.0662. The van der Waals surface area contributed by atoms with Crippen molar-refractivity contribution in [1.82, 2.24) is 4.90 Å². The zero-order chi connectivity index (χ0) is 20.3. The standard InChI is InChI=1S/C23H28ClNO3/c1-16(22(26)27)25(2)14-4-12-23(18-5-8-20(28-3)9-6-18)13-11-17-15-19(24)7-10-21(17)23/h5-10,15-16H,4,11-14H2,1-3H3,(H,26,27)/t16?,23-/m1/s1. The van der Waals surface area contributed by atoms with E-state index in [9.17, 15) is 9.90 Å². The van der Waals surface area contributed by atoms with Gasteiger partial charge in [-0.3, -0.25) is 9.69 Å². The van der Waals surface area contributed by atoms with Crippen molar-refractivity contribution in [3.05, 3.63) is 64.2 Å². The quantitative estimate of drug-likeness (QED) is 0.692. The first kappa shape index (κ1) is 20.7. The Hall–Kier alpha value is -2.04. The first-order chi connectivity index (χ1) is 13.4. The number of aliphatic carboxylic acids is 1. The molecule has 150 valence electrons. The highest BCUT2D eigenvalue weighted by atomic mass is 35.5. The summed E-state index contributed by atoms with van der Waals surface area (Å²) in [6.45, 7) is 2.47. The first-order valence-corrected chi connectivity index (χ1v) is 10.1. The maximum atomic E-state index is 11.2. The summed E-state index contributed by atoms with van der Waals surface area (Å²) in [6.07, 6.45) is 3.92. The fraction of sp³-hybridized carbons (Fsp3) is 0.435. The second-order valence-electron chi connectivity index (χ2n) is 7.71. The maximum absolute atomic E-state index is 11.2. The van der Waals surface area contributed by atoms with E-state index in [0.29, 0.717) is 0 Å². The lowest BCUT2D eigenvalue weighted by atomic mass is 9.72. The van der Waals surface area contributed by atoms with Gasteiger partial charge in [-0.25, -0.2) is 0 Å². The van der Waals surface area contributed by atoms with E-state index in [-0.39, 0.29) is 5.41 Å². The zero-order valence-corrected chi connectivity index (χ0v) is 17.5. The minimum Gasteiger partial charge on any atom is -0.497 e. The number of benzene rings is 2. The molecule has 0 heterocycles. The Bertz CT molecular complexity index is 836. The van der Waals surface area contributed by atoms with Gasteiger partial charge in [-0.05, 0) is 87.2 Å². The average molecular weight is 402 g/mol. The van der Waals surface area contributed by atoms with Crippen LogP contribution in [0.2, 0.25) is 5.02 Å². The van der Waals surface area contributed by atoms with E-state index < -0.39 is 12.0 Å². The molecule has 0 amide bonds. The molecule has 4 nitrogen and oxygen atoms in total. The van der Waals surface area contributed by atoms with E-state index in [4.69, 9.17) is 16.3 Å². The molecule has 2 aromatic carbocycles. The molecule has 1 N–H and O–H groups in total. The summed E-state index contributed by atoms with van der Waals surface area (Å²) >= 11 is 6.23. The summed E-state index contributed by atoms with van der Waals surface area (Å²) in [6, 6.07) is 14.1. The Morgan fingerprint density at radius 1 is 1.29 bits per heavy atom. The van der Waals surface area contributed by atoms with E-state index in [1.165, 1.54) is 16.7 Å². The number of carbonyl (C=O) groups is 1. The molecule has 5 heteroatoms. The third kappa shape index (κ3) is 4.03. The lowest BCUT2D eigenvalue weighted by Gasteiger charge is -2.33. The van der Waals surface area contributed by atoms with Crippen LogP contribution in [0.4, 0.5) is 0 Å². The van der Waals surface area contributed by atoms with Gasteiger partial charge in [0.25, 0.3) is 0 Å². The molecule has 0 fully saturated rings. The Balaban J connectivity index is 1.88. The number of methoxy groups -OCH3 is 1. The molecule has 28 heavy (non-hydrogen) atoms. The molecular formula is C23H28ClNO3. The van der Waals surface area contributed by atoms with Gasteiger partial charge in [0, 0.05) is 10.4 Å². The summed E-state index contributed by atoms with van der Waals surface area (Å²) in [7, 11) is 3.55. The van der Waals surface area contributed by atoms with Crippen LogP contribution < -0.4 is 4.74 Å². The summed E-state index contributed by atoms with van der Waals surface area (Å²) in [5.41, 5.74) is 3.87. The number of hydrogen-bond donors (Lipinski definition) is 1. The van der Waals surface area contributed by atoms with Crippen LogP contribution >= 0.6 is 11.6 Å². The van der Waals surface area contributed by atoms with Crippen molar-refractivity contribution in [2.75, 3.05) is 20.7 Å². The predicted molar refractivity (Wildman–Crippen MR) is 113 cm³/mol. The van der Waals surface area contributed by atoms with Gasteiger partial charge in [0.05, 0.1) is 7.11 Å². The van der Waals surface area contributed by atoms with Crippen molar-refractivity contribution in [2.45, 2.75) is 44.1 Å². The molecular weight excluding hydrogens is 374 g/mol. The molecule has 0 spiro atoms. The normalized spacial score (nSPS) is 19.5. The van der Waals surface area contributed by atoms with Crippen molar-refractivity contribution in [3.8, 4) is 5.75 Å². The smallest absolute Gasteiger partial charge is 0.320 e. The fourth-order valence-electron chi connectivity index (χ4n) is 4.35. The van der Waals surface area contributed by atoms with Gasteiger partial charge >= 0.3 is 5.97 Å². The van der Waals surface area contributed by atoms with Crippen LogP contribution in [0.25, 0.3) is 0 Å². The largest absolute Gasteiger partial charge is 0.497 e. The highest BCUT2D eigenvalue weighted by molar-refractivity contribution is 6.30. The SMILES string of the molecule is COc1ccc([C@@]2(CCCN(C)C(C)C(=O)O)CCc3cc(Cl)ccc32)cc1. The molecule has 2 atom stereocenters. The van der Waals surface area contributed by atoms with E-state index in [2.05, 4.69) is 24.3 Å². The van der Waals surface area contributed by atoms with Gasteiger partial charge in [0.2, 0.25) is 0 Å². The Labute approximate surface area is 172 Å². The second-order valence-corrected chi connectivity index (χ2v) is 8.15. The van der Waals surface area contributed by atoms with Gasteiger partial charge in [-0.2, -0.15) is 0 Å². The number of hydrogen-bond acceptors (Lipinski definition) is 3. The highest BCUT2D eigenvalue weighted by Gasteiger charge is 2.40. The third-order valence-corrected chi connectivity index (χ3v) is 6.41. The molecule has 0 saturated heterocycles. The summed E-state index contributed by atoms with van der Waals surface area (Å²) in [5, 5.41) is 10.0. The van der Waals surface area contributed by atoms with Gasteiger partial charge in [-0.15, -0.1) is 0 Å². The third-order valence-electron chi connectivity index (χ3n) is 6.18. The molecule has 1 aliphatic carbocycles. The lowest BCUT2D eigenvalue weighted by Crippen LogP contribution is -2.37. The number of rotatable bonds is 8. The number of likely N-dealkylation sites (N-methyl/N-ethyl adjacent to an activating group) is 1. The molecule has 1 aliphatic rings. The molecule has 0 radical (unpaired) electrons. The number of carboxylic acids is 1. The number of nitrogens with zero attached hydrogens (tertiary/aromatic N) is 1. The minimum atomic E-state index is -0.784. The topological polar surface area (TPSA) is 49.8 Å². The molecule has 0 aromatic heterocycles. The van der Waals surface area contributed by atoms with E-state index in [0.717, 1.165) is 43.0 Å². The lowest BCUT2D eigenvalue weighted by molar-refractivity contribution is -0.142. The van der Waals surface area contributed by atoms with Crippen LogP contribution in [0.15, 0.2) is 42.5 Å². The molecule has 0 aliphatic heterocycles. The summed E-state index contributed by atoms with van der Waals surface area (Å²) in [4.78, 5) is 13.1. The number of fused-ring (bicyclic) bond motifs is 1. The van der Waals surface area contributed by atoms with Crippen LogP contribution in [0.5, 0.6) is 5.75 Å². The Morgan fingerprint density at radius 3 is 2.64 bits per heavy atom. The fourth-order valence-corrected chi connectivity index (χ4v) is 4.54. The van der Waals surface area contributed by atoms with Gasteiger partial charge in [0.1, 0.15) is 11.8 Å². The van der Waals surface area contributed by atoms with Crippen LogP contribution in [-0.2, 0) is 16.6 Å². The average Bonchev–Trinajstić information content (AvgIpc) is 3.06. The van der Waals surface area contributed by atoms with Crippen molar-refractivity contribution < 1.29 is 14.6 Å². The van der Waals surface area contributed by atoms with Crippen LogP contribution in [-0.4, -0.2) is 42.7 Å².